The average molecular weight is 419 g/mol. The molecule has 1 aromatic heterocycles. The summed E-state index contributed by atoms with van der Waals surface area (Å²) in [5.74, 6) is -1.80. The second-order valence-corrected chi connectivity index (χ2v) is 5.68. The van der Waals surface area contributed by atoms with Crippen molar-refractivity contribution in [1.82, 2.24) is 9.78 Å². The zero-order valence-electron chi connectivity index (χ0n) is 11.5. The molecule has 0 aliphatic rings. The first kappa shape index (κ1) is 19.4. The van der Waals surface area contributed by atoms with Crippen LogP contribution in [0.2, 0.25) is 15.1 Å². The van der Waals surface area contributed by atoms with Crippen LogP contribution in [0.15, 0.2) is 12.1 Å². The number of ketones is 1. The Hall–Kier alpha value is -1.89. The van der Waals surface area contributed by atoms with Gasteiger partial charge in [-0.25, -0.2) is 13.5 Å². The van der Waals surface area contributed by atoms with E-state index in [0.29, 0.717) is 16.8 Å². The van der Waals surface area contributed by atoms with E-state index in [9.17, 15) is 26.7 Å². The lowest BCUT2D eigenvalue weighted by molar-refractivity contribution is -0.137. The van der Waals surface area contributed by atoms with Gasteiger partial charge in [0.15, 0.2) is 5.69 Å². The van der Waals surface area contributed by atoms with Gasteiger partial charge in [0.05, 0.1) is 15.6 Å². The Kier molecular flexibility index (Phi) is 5.27. The minimum absolute atomic E-state index is 0.431. The SMILES string of the molecule is N#Cc1nn(-c2c(Cl)cc(C(F)(F)F)cc2Cl)c(C(=O)C(F)F)c1Cl. The number of Topliss-reactive ketones (excluding diaryl/α,β-unsaturated/α-hetero) is 1. The van der Waals surface area contributed by atoms with E-state index in [4.69, 9.17) is 40.1 Å². The Morgan fingerprint density at radius 2 is 1.72 bits per heavy atom. The Morgan fingerprint density at radius 1 is 1.20 bits per heavy atom. The number of carbonyl (C=O) groups is 1. The Morgan fingerprint density at radius 3 is 2.12 bits per heavy atom. The van der Waals surface area contributed by atoms with Crippen molar-refractivity contribution in [3.63, 3.8) is 0 Å². The lowest BCUT2D eigenvalue weighted by Crippen LogP contribution is -2.17. The Labute approximate surface area is 151 Å². The monoisotopic (exact) mass is 417 g/mol. The molecule has 0 unspecified atom stereocenters. The topological polar surface area (TPSA) is 58.7 Å². The summed E-state index contributed by atoms with van der Waals surface area (Å²) in [6.45, 7) is 0. The maximum absolute atomic E-state index is 12.8. The van der Waals surface area contributed by atoms with E-state index < -0.39 is 56.1 Å². The maximum atomic E-state index is 12.8. The van der Waals surface area contributed by atoms with Crippen molar-refractivity contribution in [2.24, 2.45) is 0 Å². The molecule has 0 spiro atoms. The van der Waals surface area contributed by atoms with Crippen molar-refractivity contribution in [1.29, 1.82) is 5.26 Å². The van der Waals surface area contributed by atoms with E-state index in [-0.39, 0.29) is 0 Å². The first-order chi connectivity index (χ1) is 11.5. The van der Waals surface area contributed by atoms with Gasteiger partial charge < -0.3 is 0 Å². The number of alkyl halides is 5. The first-order valence-corrected chi connectivity index (χ1v) is 7.20. The predicted molar refractivity (Wildman–Crippen MR) is 78.6 cm³/mol. The summed E-state index contributed by atoms with van der Waals surface area (Å²) in [5, 5.41) is 10.5. The second-order valence-electron chi connectivity index (χ2n) is 4.49. The van der Waals surface area contributed by atoms with Gasteiger partial charge >= 0.3 is 12.6 Å². The highest BCUT2D eigenvalue weighted by Gasteiger charge is 2.34. The lowest BCUT2D eigenvalue weighted by Gasteiger charge is -2.14. The Bertz CT molecular complexity index is 879. The van der Waals surface area contributed by atoms with Crippen LogP contribution in [0.5, 0.6) is 0 Å². The van der Waals surface area contributed by atoms with Crippen molar-refractivity contribution < 1.29 is 26.7 Å². The minimum atomic E-state index is -4.77. The van der Waals surface area contributed by atoms with Gasteiger partial charge in [-0.2, -0.15) is 23.5 Å². The van der Waals surface area contributed by atoms with Gasteiger partial charge in [-0.15, -0.1) is 0 Å². The van der Waals surface area contributed by atoms with Crippen molar-refractivity contribution in [2.75, 3.05) is 0 Å². The number of rotatable bonds is 3. The number of nitriles is 1. The van der Waals surface area contributed by atoms with Crippen molar-refractivity contribution in [3.05, 3.63) is 44.2 Å². The molecule has 0 amide bonds. The molecule has 2 rings (SSSR count). The summed E-state index contributed by atoms with van der Waals surface area (Å²) in [7, 11) is 0. The molecule has 0 saturated heterocycles. The van der Waals surface area contributed by atoms with Gasteiger partial charge in [-0.3, -0.25) is 4.79 Å². The average Bonchev–Trinajstić information content (AvgIpc) is 2.81. The number of benzene rings is 1. The number of hydrogen-bond acceptors (Lipinski definition) is 3. The van der Waals surface area contributed by atoms with Gasteiger partial charge in [0.1, 0.15) is 22.5 Å². The standard InChI is InChI=1S/C13H3Cl3F5N3O/c14-5-1-4(13(19,20)21)2-6(15)9(5)24-10(11(25)12(17)18)8(16)7(3-22)23-24/h1-2,12H. The van der Waals surface area contributed by atoms with E-state index in [1.165, 1.54) is 6.07 Å². The van der Waals surface area contributed by atoms with Crippen LogP contribution >= 0.6 is 34.8 Å². The zero-order valence-corrected chi connectivity index (χ0v) is 13.8. The van der Waals surface area contributed by atoms with Gasteiger partial charge in [0, 0.05) is 0 Å². The molecular formula is C13H3Cl3F5N3O. The molecule has 2 aromatic rings. The van der Waals surface area contributed by atoms with Crippen molar-refractivity contribution in [3.8, 4) is 11.8 Å². The summed E-state index contributed by atoms with van der Waals surface area (Å²) in [4.78, 5) is 11.7. The number of carbonyl (C=O) groups excluding carboxylic acids is 1. The van der Waals surface area contributed by atoms with E-state index in [1.54, 1.807) is 0 Å². The molecule has 1 aromatic carbocycles. The van der Waals surface area contributed by atoms with Crippen LogP contribution in [0.3, 0.4) is 0 Å². The second kappa shape index (κ2) is 6.78. The van der Waals surface area contributed by atoms with Gasteiger partial charge in [-0.1, -0.05) is 34.8 Å². The lowest BCUT2D eigenvalue weighted by atomic mass is 10.2. The molecule has 0 fully saturated rings. The first-order valence-electron chi connectivity index (χ1n) is 6.06. The summed E-state index contributed by atoms with van der Waals surface area (Å²) in [5.41, 5.74) is -3.22. The largest absolute Gasteiger partial charge is 0.416 e. The molecule has 0 aliphatic carbocycles. The zero-order chi connectivity index (χ0) is 19.1. The number of hydrogen-bond donors (Lipinski definition) is 0. The summed E-state index contributed by atoms with van der Waals surface area (Å²) in [6.07, 6.45) is -8.28. The van der Waals surface area contributed by atoms with Gasteiger partial charge in [-0.05, 0) is 12.1 Å². The normalized spacial score (nSPS) is 11.7. The van der Waals surface area contributed by atoms with Crippen LogP contribution in [0.1, 0.15) is 21.7 Å². The van der Waals surface area contributed by atoms with Crippen molar-refractivity contribution in [2.45, 2.75) is 12.6 Å². The number of nitrogens with zero attached hydrogens (tertiary/aromatic N) is 3. The highest BCUT2D eigenvalue weighted by molar-refractivity contribution is 6.38. The molecular weight excluding hydrogens is 416 g/mol. The Balaban J connectivity index is 2.80. The van der Waals surface area contributed by atoms with Crippen LogP contribution in [-0.2, 0) is 6.18 Å². The fourth-order valence-electron chi connectivity index (χ4n) is 1.88. The van der Waals surface area contributed by atoms with Crippen molar-refractivity contribution >= 4 is 40.6 Å². The predicted octanol–water partition coefficient (Wildman–Crippen LogP) is 5.17. The molecule has 4 nitrogen and oxygen atoms in total. The molecule has 0 saturated carbocycles. The highest BCUT2D eigenvalue weighted by atomic mass is 35.5. The van der Waals surface area contributed by atoms with E-state index in [2.05, 4.69) is 5.10 Å². The molecule has 0 atom stereocenters. The summed E-state index contributed by atoms with van der Waals surface area (Å²) in [6, 6.07) is 2.41. The van der Waals surface area contributed by atoms with Gasteiger partial charge in [0.25, 0.3) is 0 Å². The molecule has 132 valence electrons. The van der Waals surface area contributed by atoms with E-state index >= 15 is 0 Å². The molecule has 0 aliphatic heterocycles. The summed E-state index contributed by atoms with van der Waals surface area (Å²) >= 11 is 17.2. The highest BCUT2D eigenvalue weighted by Crippen LogP contribution is 2.39. The van der Waals surface area contributed by atoms with Crippen LogP contribution in [0, 0.1) is 11.3 Å². The van der Waals surface area contributed by atoms with E-state index in [1.807, 2.05) is 0 Å². The minimum Gasteiger partial charge on any atom is -0.286 e. The number of halogens is 8. The fourth-order valence-corrected chi connectivity index (χ4v) is 2.78. The number of aromatic nitrogens is 2. The fraction of sp³-hybridized carbons (Fsp3) is 0.154. The third-order valence-electron chi connectivity index (χ3n) is 2.92. The smallest absolute Gasteiger partial charge is 0.286 e. The molecule has 0 bridgehead atoms. The van der Waals surface area contributed by atoms with E-state index in [0.717, 1.165) is 0 Å². The third kappa shape index (κ3) is 3.56. The molecule has 1 heterocycles. The third-order valence-corrected chi connectivity index (χ3v) is 3.86. The van der Waals surface area contributed by atoms with Gasteiger partial charge in [0.2, 0.25) is 5.78 Å². The molecule has 25 heavy (non-hydrogen) atoms. The molecule has 12 heteroatoms. The molecule has 0 radical (unpaired) electrons. The van der Waals surface area contributed by atoms with Crippen LogP contribution in [0.25, 0.3) is 5.69 Å². The quantitative estimate of drug-likeness (QED) is 0.510. The van der Waals surface area contributed by atoms with Crippen LogP contribution in [-0.4, -0.2) is 22.0 Å². The van der Waals surface area contributed by atoms with Crippen LogP contribution < -0.4 is 0 Å². The maximum Gasteiger partial charge on any atom is 0.416 e. The van der Waals surface area contributed by atoms with Crippen LogP contribution in [0.4, 0.5) is 22.0 Å². The summed E-state index contributed by atoms with van der Waals surface area (Å²) < 4.78 is 64.3. The molecule has 0 N–H and O–H groups in total.